The second-order valence-electron chi connectivity index (χ2n) is 25.2. The van der Waals surface area contributed by atoms with Gasteiger partial charge in [-0.3, -0.25) is 4.98 Å². The number of aromatic nitrogens is 6. The second-order valence-corrected chi connectivity index (χ2v) is 25.2. The van der Waals surface area contributed by atoms with Crippen molar-refractivity contribution in [1.82, 2.24) is 29.1 Å². The zero-order valence-corrected chi connectivity index (χ0v) is 53.7. The van der Waals surface area contributed by atoms with Crippen LogP contribution in [0.1, 0.15) is 22.3 Å². The Kier molecular flexibility index (Phi) is 14.3. The van der Waals surface area contributed by atoms with Crippen LogP contribution in [0.5, 0.6) is 0 Å². The molecule has 0 spiro atoms. The number of benzene rings is 11. The van der Waals surface area contributed by atoms with Crippen molar-refractivity contribution in [3.05, 3.63) is 338 Å². The van der Waals surface area contributed by atoms with Gasteiger partial charge in [-0.15, -0.1) is 0 Å². The minimum atomic E-state index is 0.819. The maximum Gasteiger partial charge on any atom is 0.0717 e. The summed E-state index contributed by atoms with van der Waals surface area (Å²) in [4.78, 5) is 21.6. The first-order valence-corrected chi connectivity index (χ1v) is 32.8. The fourth-order valence-electron chi connectivity index (χ4n) is 14.4. The zero-order valence-electron chi connectivity index (χ0n) is 53.7. The maximum absolute atomic E-state index is 5.68. The Bertz CT molecular complexity index is 5450. The quantitative estimate of drug-likeness (QED) is 0.122. The van der Waals surface area contributed by atoms with Crippen LogP contribution in [0, 0.1) is 27.7 Å². The number of pyridine rings is 4. The Morgan fingerprint density at radius 3 is 0.885 bits per heavy atom. The van der Waals surface area contributed by atoms with Crippen LogP contribution < -0.4 is 0 Å². The van der Waals surface area contributed by atoms with Gasteiger partial charge in [-0.05, 0) is 175 Å². The van der Waals surface area contributed by atoms with Gasteiger partial charge in [-0.25, -0.2) is 15.0 Å². The standard InChI is InChI=1S/C90H64N6/c1-57-22-17-36-83-87(57)88-58(2)23-18-37-84(88)95(83)72-44-40-61(41-45-72)75-56-91-76(66-42-46-73(47-43-66)96-85-38-19-24-59(3)89(85)90-60(4)25-20-39-86(90)96)55-74(75)68-35-21-34-67(48-68)69-49-81(70-51-77(62-26-9-5-10-27-62)92-78(52-70)63-28-11-6-12-29-63)94-82(50-69)71-53-79(64-30-13-7-14-31-64)93-80(54-71)65-32-15-8-16-33-65/h5-56H,1-4H3. The van der Waals surface area contributed by atoms with Crippen LogP contribution in [0.15, 0.2) is 316 Å². The summed E-state index contributed by atoms with van der Waals surface area (Å²) in [7, 11) is 0. The highest BCUT2D eigenvalue weighted by Gasteiger charge is 2.22. The van der Waals surface area contributed by atoms with Gasteiger partial charge in [0.25, 0.3) is 0 Å². The van der Waals surface area contributed by atoms with Crippen LogP contribution in [0.4, 0.5) is 0 Å². The van der Waals surface area contributed by atoms with Crippen molar-refractivity contribution in [1.29, 1.82) is 0 Å². The molecule has 0 bridgehead atoms. The van der Waals surface area contributed by atoms with Crippen molar-refractivity contribution in [3.8, 4) is 124 Å². The number of fused-ring (bicyclic) bond motifs is 6. The average molecular weight is 1230 g/mol. The van der Waals surface area contributed by atoms with Gasteiger partial charge in [0.05, 0.1) is 61.9 Å². The Balaban J connectivity index is 0.846. The highest BCUT2D eigenvalue weighted by Crippen LogP contribution is 2.43. The van der Waals surface area contributed by atoms with Gasteiger partial charge in [0.1, 0.15) is 0 Å². The molecule has 6 heterocycles. The molecule has 0 saturated heterocycles. The average Bonchev–Trinajstić information content (AvgIpc) is 1.56. The monoisotopic (exact) mass is 1230 g/mol. The molecule has 17 aromatic rings. The second kappa shape index (κ2) is 23.9. The molecule has 0 radical (unpaired) electrons. The summed E-state index contributed by atoms with van der Waals surface area (Å²) in [6.07, 6.45) is 2.07. The predicted octanol–water partition coefficient (Wildman–Crippen LogP) is 23.4. The largest absolute Gasteiger partial charge is 0.309 e. The molecule has 0 aliphatic heterocycles. The molecule has 0 aliphatic rings. The van der Waals surface area contributed by atoms with E-state index in [1.807, 2.05) is 24.3 Å². The first-order valence-electron chi connectivity index (χ1n) is 32.8. The van der Waals surface area contributed by atoms with Crippen LogP contribution in [-0.2, 0) is 0 Å². The van der Waals surface area contributed by atoms with E-state index in [4.69, 9.17) is 19.9 Å². The highest BCUT2D eigenvalue weighted by atomic mass is 15.0. The lowest BCUT2D eigenvalue weighted by Gasteiger charge is -2.16. The molecule has 17 rings (SSSR count). The Labute approximate surface area is 558 Å². The molecule has 6 nitrogen and oxygen atoms in total. The molecular formula is C90H64N6. The molecular weight excluding hydrogens is 1170 g/mol. The molecule has 6 heteroatoms. The number of nitrogens with zero attached hydrogens (tertiary/aromatic N) is 6. The number of hydrogen-bond acceptors (Lipinski definition) is 4. The van der Waals surface area contributed by atoms with Crippen LogP contribution in [-0.4, -0.2) is 29.1 Å². The van der Waals surface area contributed by atoms with Crippen molar-refractivity contribution < 1.29 is 0 Å². The van der Waals surface area contributed by atoms with Gasteiger partial charge >= 0.3 is 0 Å². The van der Waals surface area contributed by atoms with E-state index >= 15 is 0 Å². The van der Waals surface area contributed by atoms with E-state index in [2.05, 4.69) is 328 Å². The van der Waals surface area contributed by atoms with Crippen molar-refractivity contribution in [2.75, 3.05) is 0 Å². The zero-order chi connectivity index (χ0) is 64.4. The van der Waals surface area contributed by atoms with Gasteiger partial charge in [0.15, 0.2) is 0 Å². The summed E-state index contributed by atoms with van der Waals surface area (Å²) in [6, 6.07) is 111. The summed E-state index contributed by atoms with van der Waals surface area (Å²) < 4.78 is 4.82. The van der Waals surface area contributed by atoms with Crippen molar-refractivity contribution in [2.45, 2.75) is 27.7 Å². The molecule has 0 atom stereocenters. The minimum absolute atomic E-state index is 0.819. The number of aryl methyl sites for hydroxylation is 4. The van der Waals surface area contributed by atoms with Gasteiger partial charge in [-0.1, -0.05) is 212 Å². The molecule has 454 valence electrons. The molecule has 96 heavy (non-hydrogen) atoms. The van der Waals surface area contributed by atoms with Gasteiger partial charge in [0, 0.05) is 83.6 Å². The summed E-state index contributed by atoms with van der Waals surface area (Å²) in [6.45, 7) is 8.87. The van der Waals surface area contributed by atoms with Crippen LogP contribution in [0.25, 0.3) is 167 Å². The van der Waals surface area contributed by atoms with Crippen molar-refractivity contribution >= 4 is 43.6 Å². The Hall–Kier alpha value is -12.4. The van der Waals surface area contributed by atoms with Crippen LogP contribution in [0.3, 0.4) is 0 Å². The molecule has 0 N–H and O–H groups in total. The Morgan fingerprint density at radius 1 is 0.208 bits per heavy atom. The molecule has 0 saturated carbocycles. The first kappa shape index (κ1) is 57.5. The number of rotatable bonds is 12. The lowest BCUT2D eigenvalue weighted by molar-refractivity contribution is 1.18. The number of hydrogen-bond donors (Lipinski definition) is 0. The van der Waals surface area contributed by atoms with E-state index in [1.165, 1.54) is 65.9 Å². The van der Waals surface area contributed by atoms with E-state index in [-0.39, 0.29) is 0 Å². The van der Waals surface area contributed by atoms with Gasteiger partial charge in [-0.2, -0.15) is 0 Å². The van der Waals surface area contributed by atoms with E-state index in [9.17, 15) is 0 Å². The smallest absolute Gasteiger partial charge is 0.0717 e. The lowest BCUT2D eigenvalue weighted by atomic mass is 9.91. The Morgan fingerprint density at radius 2 is 0.510 bits per heavy atom. The van der Waals surface area contributed by atoms with E-state index in [0.717, 1.165) is 124 Å². The highest BCUT2D eigenvalue weighted by molar-refractivity contribution is 6.13. The minimum Gasteiger partial charge on any atom is -0.309 e. The van der Waals surface area contributed by atoms with Crippen molar-refractivity contribution in [3.63, 3.8) is 0 Å². The molecule has 0 unspecified atom stereocenters. The summed E-state index contributed by atoms with van der Waals surface area (Å²) in [5, 5.41) is 5.18. The predicted molar refractivity (Wildman–Crippen MR) is 400 cm³/mol. The topological polar surface area (TPSA) is 61.4 Å². The molecule has 11 aromatic carbocycles. The summed E-state index contributed by atoms with van der Waals surface area (Å²) in [5.41, 5.74) is 31.3. The third-order valence-corrected chi connectivity index (χ3v) is 19.1. The lowest BCUT2D eigenvalue weighted by Crippen LogP contribution is -1.97. The molecule has 0 amide bonds. The maximum atomic E-state index is 5.68. The third kappa shape index (κ3) is 10.3. The molecule has 0 aliphatic carbocycles. The normalized spacial score (nSPS) is 11.5. The fourth-order valence-corrected chi connectivity index (χ4v) is 14.4. The first-order chi connectivity index (χ1) is 47.2. The van der Waals surface area contributed by atoms with Gasteiger partial charge < -0.3 is 9.13 Å². The fraction of sp³-hybridized carbons (Fsp3) is 0.0444. The summed E-state index contributed by atoms with van der Waals surface area (Å²) >= 11 is 0. The van der Waals surface area contributed by atoms with Crippen LogP contribution >= 0.6 is 0 Å². The summed E-state index contributed by atoms with van der Waals surface area (Å²) in [5.74, 6) is 0. The van der Waals surface area contributed by atoms with Crippen molar-refractivity contribution in [2.24, 2.45) is 0 Å². The van der Waals surface area contributed by atoms with E-state index < -0.39 is 0 Å². The molecule has 6 aromatic heterocycles. The van der Waals surface area contributed by atoms with Gasteiger partial charge in [0.2, 0.25) is 0 Å². The third-order valence-electron chi connectivity index (χ3n) is 19.1. The molecule has 0 fully saturated rings. The van der Waals surface area contributed by atoms with Crippen LogP contribution in [0.2, 0.25) is 0 Å². The SMILES string of the molecule is Cc1cccc2c1c1c(C)cccc1n2-c1ccc(-c2cc(-c3cccc(-c4cc(-c5cc(-c6ccccc6)nc(-c6ccccc6)c5)nc(-c5cc(-c6ccccc6)nc(-c6ccccc6)c5)c4)c3)c(-c3ccc(-n4c5cccc(C)c5c5c(C)cccc54)cc3)cn2)cc1. The van der Waals surface area contributed by atoms with E-state index in [1.54, 1.807) is 0 Å². The van der Waals surface area contributed by atoms with E-state index in [0.29, 0.717) is 0 Å².